The largest absolute Gasteiger partial charge is 0.481 e. The molecule has 0 atom stereocenters. The van der Waals surface area contributed by atoms with Crippen LogP contribution in [0.4, 0.5) is 5.82 Å². The van der Waals surface area contributed by atoms with Gasteiger partial charge in [0.2, 0.25) is 0 Å². The molecule has 0 amide bonds. The van der Waals surface area contributed by atoms with Crippen molar-refractivity contribution in [2.75, 3.05) is 18.0 Å². The second-order valence-corrected chi connectivity index (χ2v) is 6.37. The normalized spacial score (nSPS) is 16.4. The van der Waals surface area contributed by atoms with E-state index in [-0.39, 0.29) is 5.92 Å². The molecule has 2 heterocycles. The van der Waals surface area contributed by atoms with Crippen LogP contribution in [0.5, 0.6) is 0 Å². The first-order valence-electron chi connectivity index (χ1n) is 7.92. The third-order valence-electron chi connectivity index (χ3n) is 4.58. The fourth-order valence-corrected chi connectivity index (χ4v) is 3.12. The highest BCUT2D eigenvalue weighted by molar-refractivity contribution is 5.92. The molecule has 1 aliphatic heterocycles. The molecule has 0 spiro atoms. The molecule has 1 aromatic heterocycles. The van der Waals surface area contributed by atoms with E-state index in [9.17, 15) is 4.79 Å². The molecule has 116 valence electrons. The van der Waals surface area contributed by atoms with Crippen molar-refractivity contribution in [1.82, 2.24) is 4.98 Å². The average Bonchev–Trinajstić information content (AvgIpc) is 2.53. The van der Waals surface area contributed by atoms with Crippen molar-refractivity contribution in [3.8, 4) is 0 Å². The number of carboxylic acid groups (broad SMARTS) is 1. The highest BCUT2D eigenvalue weighted by atomic mass is 16.4. The number of rotatable bonds is 3. The lowest BCUT2D eigenvalue weighted by molar-refractivity contribution is -0.142. The highest BCUT2D eigenvalue weighted by Gasteiger charge is 2.25. The van der Waals surface area contributed by atoms with Gasteiger partial charge in [-0.3, -0.25) is 4.79 Å². The molecule has 4 heteroatoms. The summed E-state index contributed by atoms with van der Waals surface area (Å²) in [5.74, 6) is 0.587. The maximum absolute atomic E-state index is 11.1. The van der Waals surface area contributed by atoms with Gasteiger partial charge in [-0.15, -0.1) is 0 Å². The molecular weight excluding hydrogens is 276 g/mol. The van der Waals surface area contributed by atoms with Crippen molar-refractivity contribution in [2.45, 2.75) is 32.6 Å². The second kappa shape index (κ2) is 5.95. The molecular formula is C18H22N2O2. The van der Waals surface area contributed by atoms with Crippen LogP contribution in [-0.4, -0.2) is 29.1 Å². The van der Waals surface area contributed by atoms with Gasteiger partial charge < -0.3 is 10.0 Å². The van der Waals surface area contributed by atoms with Crippen LogP contribution in [-0.2, 0) is 4.79 Å². The lowest BCUT2D eigenvalue weighted by Crippen LogP contribution is -2.36. The summed E-state index contributed by atoms with van der Waals surface area (Å²) >= 11 is 0. The van der Waals surface area contributed by atoms with E-state index >= 15 is 0 Å². The maximum Gasteiger partial charge on any atom is 0.306 e. The van der Waals surface area contributed by atoms with Crippen molar-refractivity contribution in [2.24, 2.45) is 5.92 Å². The number of hydrogen-bond donors (Lipinski definition) is 1. The van der Waals surface area contributed by atoms with Gasteiger partial charge in [-0.2, -0.15) is 0 Å². The van der Waals surface area contributed by atoms with Crippen molar-refractivity contribution in [1.29, 1.82) is 0 Å². The predicted molar refractivity (Wildman–Crippen MR) is 88.4 cm³/mol. The highest BCUT2D eigenvalue weighted by Crippen LogP contribution is 2.30. The molecule has 0 saturated carbocycles. The molecule has 1 aromatic carbocycles. The summed E-state index contributed by atoms with van der Waals surface area (Å²) in [6.45, 7) is 5.90. The summed E-state index contributed by atoms with van der Waals surface area (Å²) in [6, 6.07) is 8.59. The standard InChI is InChI=1S/C18H22N2O2/c1-12(2)15-4-3-13-5-8-19-17(16(13)11-15)20-9-6-14(7-10-20)18(21)22/h3-5,8,11-12,14H,6-7,9-10H2,1-2H3,(H,21,22). The van der Waals surface area contributed by atoms with E-state index in [0.717, 1.165) is 18.9 Å². The van der Waals surface area contributed by atoms with Gasteiger partial charge in [0, 0.05) is 24.7 Å². The van der Waals surface area contributed by atoms with Crippen LogP contribution in [0.15, 0.2) is 30.5 Å². The molecule has 0 radical (unpaired) electrons. The van der Waals surface area contributed by atoms with Crippen molar-refractivity contribution < 1.29 is 9.90 Å². The van der Waals surface area contributed by atoms with Crippen LogP contribution in [0, 0.1) is 5.92 Å². The summed E-state index contributed by atoms with van der Waals surface area (Å²) < 4.78 is 0. The molecule has 2 aromatic rings. The summed E-state index contributed by atoms with van der Waals surface area (Å²) in [6.07, 6.45) is 3.23. The van der Waals surface area contributed by atoms with Gasteiger partial charge >= 0.3 is 5.97 Å². The third-order valence-corrected chi connectivity index (χ3v) is 4.58. The van der Waals surface area contributed by atoms with Crippen LogP contribution >= 0.6 is 0 Å². The Bertz CT molecular complexity index is 689. The Balaban J connectivity index is 1.93. The van der Waals surface area contributed by atoms with Crippen molar-refractivity contribution in [3.05, 3.63) is 36.0 Å². The van der Waals surface area contributed by atoms with Crippen LogP contribution in [0.25, 0.3) is 10.8 Å². The molecule has 22 heavy (non-hydrogen) atoms. The number of aliphatic carboxylic acids is 1. The molecule has 0 unspecified atom stereocenters. The topological polar surface area (TPSA) is 53.4 Å². The number of anilines is 1. The number of piperidine rings is 1. The number of fused-ring (bicyclic) bond motifs is 1. The summed E-state index contributed by atoms with van der Waals surface area (Å²) in [5.41, 5.74) is 1.31. The van der Waals surface area contributed by atoms with E-state index in [4.69, 9.17) is 5.11 Å². The Morgan fingerprint density at radius 3 is 2.64 bits per heavy atom. The number of carbonyl (C=O) groups is 1. The molecule has 0 bridgehead atoms. The first-order chi connectivity index (χ1) is 10.6. The zero-order valence-corrected chi connectivity index (χ0v) is 13.1. The van der Waals surface area contributed by atoms with E-state index in [1.165, 1.54) is 16.3 Å². The molecule has 1 saturated heterocycles. The van der Waals surface area contributed by atoms with Gasteiger partial charge in [-0.05, 0) is 41.8 Å². The van der Waals surface area contributed by atoms with Gasteiger partial charge in [-0.25, -0.2) is 4.98 Å². The number of benzene rings is 1. The number of pyridine rings is 1. The first-order valence-corrected chi connectivity index (χ1v) is 7.92. The van der Waals surface area contributed by atoms with E-state index in [0.29, 0.717) is 18.8 Å². The molecule has 1 fully saturated rings. The first kappa shape index (κ1) is 14.8. The maximum atomic E-state index is 11.1. The van der Waals surface area contributed by atoms with E-state index in [1.54, 1.807) is 0 Å². The zero-order chi connectivity index (χ0) is 15.7. The molecule has 3 rings (SSSR count). The average molecular weight is 298 g/mol. The monoisotopic (exact) mass is 298 g/mol. The van der Waals surface area contributed by atoms with Crippen LogP contribution in [0.3, 0.4) is 0 Å². The minimum absolute atomic E-state index is 0.211. The van der Waals surface area contributed by atoms with Gasteiger partial charge in [0.25, 0.3) is 0 Å². The smallest absolute Gasteiger partial charge is 0.306 e. The Hall–Kier alpha value is -2.10. The van der Waals surface area contributed by atoms with Crippen LogP contribution in [0.1, 0.15) is 38.2 Å². The fourth-order valence-electron chi connectivity index (χ4n) is 3.12. The van der Waals surface area contributed by atoms with Gasteiger partial charge in [-0.1, -0.05) is 26.0 Å². The number of hydrogen-bond acceptors (Lipinski definition) is 3. The second-order valence-electron chi connectivity index (χ2n) is 6.37. The van der Waals surface area contributed by atoms with Crippen molar-refractivity contribution in [3.63, 3.8) is 0 Å². The molecule has 1 aliphatic rings. The van der Waals surface area contributed by atoms with E-state index < -0.39 is 5.97 Å². The Labute approximate surface area is 130 Å². The molecule has 0 aliphatic carbocycles. The fraction of sp³-hybridized carbons (Fsp3) is 0.444. The predicted octanol–water partition coefficient (Wildman–Crippen LogP) is 3.66. The molecule has 1 N–H and O–H groups in total. The minimum Gasteiger partial charge on any atom is -0.481 e. The van der Waals surface area contributed by atoms with Gasteiger partial charge in [0.15, 0.2) is 0 Å². The minimum atomic E-state index is -0.673. The lowest BCUT2D eigenvalue weighted by Gasteiger charge is -2.31. The Kier molecular flexibility index (Phi) is 4.01. The number of aromatic nitrogens is 1. The Morgan fingerprint density at radius 2 is 2.00 bits per heavy atom. The van der Waals surface area contributed by atoms with E-state index in [1.807, 2.05) is 12.3 Å². The van der Waals surface area contributed by atoms with E-state index in [2.05, 4.69) is 41.9 Å². The van der Waals surface area contributed by atoms with Crippen molar-refractivity contribution >= 4 is 22.6 Å². The zero-order valence-electron chi connectivity index (χ0n) is 13.1. The number of carboxylic acids is 1. The third kappa shape index (κ3) is 2.78. The quantitative estimate of drug-likeness (QED) is 0.939. The van der Waals surface area contributed by atoms with Crippen LogP contribution in [0.2, 0.25) is 0 Å². The molecule has 4 nitrogen and oxygen atoms in total. The number of nitrogens with zero attached hydrogens (tertiary/aromatic N) is 2. The van der Waals surface area contributed by atoms with Crippen LogP contribution < -0.4 is 4.90 Å². The van der Waals surface area contributed by atoms with Gasteiger partial charge in [0.05, 0.1) is 5.92 Å². The summed E-state index contributed by atoms with van der Waals surface area (Å²) in [4.78, 5) is 17.9. The lowest BCUT2D eigenvalue weighted by atomic mass is 9.96. The van der Waals surface area contributed by atoms with Gasteiger partial charge in [0.1, 0.15) is 5.82 Å². The Morgan fingerprint density at radius 1 is 1.27 bits per heavy atom. The summed E-state index contributed by atoms with van der Waals surface area (Å²) in [7, 11) is 0. The SMILES string of the molecule is CC(C)c1ccc2ccnc(N3CCC(C(=O)O)CC3)c2c1. The summed E-state index contributed by atoms with van der Waals surface area (Å²) in [5, 5.41) is 11.5.